The number of carbonyl (C=O) groups excluding carboxylic acids is 3. The number of halogens is 1. The quantitative estimate of drug-likeness (QED) is 0.185. The zero-order valence-electron chi connectivity index (χ0n) is 28.8. The highest BCUT2D eigenvalue weighted by Gasteiger charge is 2.33. The second-order valence-electron chi connectivity index (χ2n) is 13.5. The van der Waals surface area contributed by atoms with Crippen LogP contribution in [0, 0.1) is 0 Å². The molecule has 50 heavy (non-hydrogen) atoms. The maximum atomic E-state index is 14.2. The van der Waals surface area contributed by atoms with Crippen molar-refractivity contribution < 1.29 is 23.9 Å². The number of nitrogens with zero attached hydrogens (tertiary/aromatic N) is 5. The minimum atomic E-state index is -0.963. The number of amides is 3. The lowest BCUT2D eigenvalue weighted by Gasteiger charge is -2.29. The maximum Gasteiger partial charge on any atom is 0.420 e. The van der Waals surface area contributed by atoms with Gasteiger partial charge in [-0.3, -0.25) is 14.2 Å². The third-order valence-electron chi connectivity index (χ3n) is 7.28. The molecule has 0 aliphatic rings. The van der Waals surface area contributed by atoms with E-state index in [4.69, 9.17) is 15.2 Å². The van der Waals surface area contributed by atoms with Crippen LogP contribution >= 0.6 is 15.9 Å². The highest BCUT2D eigenvalue weighted by Crippen LogP contribution is 2.33. The first kappa shape index (κ1) is 35.8. The molecule has 0 aliphatic heterocycles. The molecule has 3 heterocycles. The Labute approximate surface area is 297 Å². The SMILES string of the molecule is Cn1cc(-c2ccc(NC(=O)c3cc(Br)c(CN(C(=O)OC(C)(C)C)C(=O)OC(C)(C)C)n(-c4ccccc4)c3=O)cc2)c2c(N)ncnc21. The van der Waals surface area contributed by atoms with Crippen molar-refractivity contribution in [2.45, 2.75) is 59.3 Å². The molecule has 0 saturated heterocycles. The molecule has 5 aromatic rings. The van der Waals surface area contributed by atoms with Gasteiger partial charge in [-0.25, -0.2) is 24.5 Å². The molecule has 3 aromatic heterocycles. The van der Waals surface area contributed by atoms with Crippen LogP contribution in [0.25, 0.3) is 27.8 Å². The number of anilines is 2. The van der Waals surface area contributed by atoms with Gasteiger partial charge in [-0.15, -0.1) is 0 Å². The molecular formula is C36H38BrN7O6. The normalized spacial score (nSPS) is 11.7. The van der Waals surface area contributed by atoms with Gasteiger partial charge in [-0.2, -0.15) is 0 Å². The van der Waals surface area contributed by atoms with Crippen molar-refractivity contribution in [1.29, 1.82) is 0 Å². The third kappa shape index (κ3) is 7.86. The van der Waals surface area contributed by atoms with Crippen molar-refractivity contribution in [2.75, 3.05) is 11.1 Å². The fourth-order valence-electron chi connectivity index (χ4n) is 5.15. The molecule has 0 radical (unpaired) electrons. The summed E-state index contributed by atoms with van der Waals surface area (Å²) in [6.45, 7) is 9.61. The number of ether oxygens (including phenoxy) is 2. The first-order valence-electron chi connectivity index (χ1n) is 15.6. The first-order chi connectivity index (χ1) is 23.4. The molecule has 0 aliphatic carbocycles. The minimum Gasteiger partial charge on any atom is -0.443 e. The van der Waals surface area contributed by atoms with Crippen LogP contribution < -0.4 is 16.6 Å². The van der Waals surface area contributed by atoms with Crippen LogP contribution in [0.2, 0.25) is 0 Å². The monoisotopic (exact) mass is 743 g/mol. The molecular weight excluding hydrogens is 706 g/mol. The Morgan fingerprint density at radius 1 is 0.920 bits per heavy atom. The fraction of sp³-hybridized carbons (Fsp3) is 0.278. The van der Waals surface area contributed by atoms with Gasteiger partial charge in [0, 0.05) is 34.7 Å². The number of rotatable bonds is 6. The van der Waals surface area contributed by atoms with Crippen LogP contribution in [-0.2, 0) is 23.1 Å². The maximum absolute atomic E-state index is 14.2. The van der Waals surface area contributed by atoms with E-state index in [2.05, 4.69) is 31.2 Å². The number of carbonyl (C=O) groups is 3. The Balaban J connectivity index is 1.51. The van der Waals surface area contributed by atoms with E-state index in [1.807, 2.05) is 29.9 Å². The number of imide groups is 1. The fourth-order valence-corrected chi connectivity index (χ4v) is 5.68. The number of hydrogen-bond acceptors (Lipinski definition) is 9. The predicted molar refractivity (Wildman–Crippen MR) is 194 cm³/mol. The van der Waals surface area contributed by atoms with Crippen LogP contribution in [0.15, 0.2) is 82.5 Å². The summed E-state index contributed by atoms with van der Waals surface area (Å²) in [7, 11) is 1.87. The molecule has 0 spiro atoms. The Bertz CT molecular complexity index is 2120. The van der Waals surface area contributed by atoms with E-state index in [9.17, 15) is 19.2 Å². The van der Waals surface area contributed by atoms with Crippen molar-refractivity contribution in [2.24, 2.45) is 7.05 Å². The molecule has 260 valence electrons. The number of nitrogens with one attached hydrogen (secondary N) is 1. The number of aryl methyl sites for hydroxylation is 1. The summed E-state index contributed by atoms with van der Waals surface area (Å²) in [4.78, 5) is 63.7. The number of nitrogens with two attached hydrogens (primary N) is 1. The van der Waals surface area contributed by atoms with Gasteiger partial charge in [-0.1, -0.05) is 30.3 Å². The van der Waals surface area contributed by atoms with Crippen LogP contribution in [-0.4, -0.2) is 53.3 Å². The lowest BCUT2D eigenvalue weighted by atomic mass is 10.1. The molecule has 2 aromatic carbocycles. The van der Waals surface area contributed by atoms with Crippen LogP contribution in [0.1, 0.15) is 57.6 Å². The molecule has 5 rings (SSSR count). The molecule has 14 heteroatoms. The van der Waals surface area contributed by atoms with E-state index in [-0.39, 0.29) is 15.7 Å². The number of fused-ring (bicyclic) bond motifs is 1. The molecule has 3 amide bonds. The van der Waals surface area contributed by atoms with E-state index >= 15 is 0 Å². The van der Waals surface area contributed by atoms with E-state index < -0.39 is 41.4 Å². The molecule has 13 nitrogen and oxygen atoms in total. The zero-order chi connectivity index (χ0) is 36.5. The second-order valence-corrected chi connectivity index (χ2v) is 14.4. The molecule has 0 atom stereocenters. The van der Waals surface area contributed by atoms with Crippen molar-refractivity contribution in [3.63, 3.8) is 0 Å². The van der Waals surface area contributed by atoms with Crippen LogP contribution in [0.5, 0.6) is 0 Å². The predicted octanol–water partition coefficient (Wildman–Crippen LogP) is 7.06. The second kappa shape index (κ2) is 13.8. The molecule has 0 unspecified atom stereocenters. The molecule has 3 N–H and O–H groups in total. The number of hydrogen-bond donors (Lipinski definition) is 2. The van der Waals surface area contributed by atoms with Crippen LogP contribution in [0.3, 0.4) is 0 Å². The van der Waals surface area contributed by atoms with Gasteiger partial charge in [0.15, 0.2) is 0 Å². The summed E-state index contributed by atoms with van der Waals surface area (Å²) in [6.07, 6.45) is 1.39. The highest BCUT2D eigenvalue weighted by atomic mass is 79.9. The largest absolute Gasteiger partial charge is 0.443 e. The summed E-state index contributed by atoms with van der Waals surface area (Å²) in [5, 5.41) is 3.52. The lowest BCUT2D eigenvalue weighted by Crippen LogP contribution is -2.44. The molecule has 0 saturated carbocycles. The Morgan fingerprint density at radius 3 is 2.10 bits per heavy atom. The van der Waals surface area contributed by atoms with Gasteiger partial charge in [0.1, 0.15) is 34.6 Å². The summed E-state index contributed by atoms with van der Waals surface area (Å²) < 4.78 is 14.5. The van der Waals surface area contributed by atoms with Gasteiger partial charge in [-0.05, 0) is 93.4 Å². The van der Waals surface area contributed by atoms with Gasteiger partial charge < -0.3 is 25.1 Å². The van der Waals surface area contributed by atoms with Crippen molar-refractivity contribution in [3.8, 4) is 16.8 Å². The van der Waals surface area contributed by atoms with Crippen LogP contribution in [0.4, 0.5) is 21.1 Å². The van der Waals surface area contributed by atoms with Crippen molar-refractivity contribution >= 4 is 56.6 Å². The lowest BCUT2D eigenvalue weighted by molar-refractivity contribution is -0.000673. The van der Waals surface area contributed by atoms with Crippen molar-refractivity contribution in [3.05, 3.63) is 99.3 Å². The first-order valence-corrected chi connectivity index (χ1v) is 16.4. The van der Waals surface area contributed by atoms with Gasteiger partial charge in [0.2, 0.25) is 0 Å². The Morgan fingerprint density at radius 2 is 1.52 bits per heavy atom. The van der Waals surface area contributed by atoms with E-state index in [1.165, 1.54) is 17.0 Å². The standard InChI is InChI=1S/C36H38BrN7O6/c1-35(2,3)49-33(47)43(34(48)50-36(4,5)6)19-27-26(37)17-24(32(46)44(27)23-11-9-8-10-12-23)31(45)41-22-15-13-21(14-16-22)25-18-42(7)30-28(25)29(38)39-20-40-30/h8-18,20H,19H2,1-7H3,(H,41,45)(H2,38,39,40). The summed E-state index contributed by atoms with van der Waals surface area (Å²) in [5.41, 5.74) is 6.83. The van der Waals surface area contributed by atoms with Crippen molar-refractivity contribution in [1.82, 2.24) is 24.0 Å². The van der Waals surface area contributed by atoms with Gasteiger partial charge >= 0.3 is 12.2 Å². The molecule has 0 bridgehead atoms. The average molecular weight is 745 g/mol. The number of aromatic nitrogens is 4. The third-order valence-corrected chi connectivity index (χ3v) is 7.97. The number of pyridine rings is 1. The topological polar surface area (TPSA) is 164 Å². The number of nitrogen functional groups attached to an aromatic ring is 1. The summed E-state index contributed by atoms with van der Waals surface area (Å²) >= 11 is 3.50. The van der Waals surface area contributed by atoms with E-state index in [0.717, 1.165) is 21.4 Å². The summed E-state index contributed by atoms with van der Waals surface area (Å²) in [5.74, 6) is -0.314. The van der Waals surface area contributed by atoms with Gasteiger partial charge in [0.25, 0.3) is 11.5 Å². The number of para-hydroxylation sites is 1. The minimum absolute atomic E-state index is 0.186. The Hall–Kier alpha value is -5.50. The zero-order valence-corrected chi connectivity index (χ0v) is 30.4. The molecule has 0 fully saturated rings. The van der Waals surface area contributed by atoms with E-state index in [1.54, 1.807) is 84.0 Å². The van der Waals surface area contributed by atoms with Gasteiger partial charge in [0.05, 0.1) is 17.6 Å². The average Bonchev–Trinajstić information content (AvgIpc) is 3.37. The summed E-state index contributed by atoms with van der Waals surface area (Å²) in [6, 6.07) is 17.0. The number of benzene rings is 2. The Kier molecular flexibility index (Phi) is 9.87. The smallest absolute Gasteiger partial charge is 0.420 e. The highest BCUT2D eigenvalue weighted by molar-refractivity contribution is 9.10. The van der Waals surface area contributed by atoms with E-state index in [0.29, 0.717) is 22.8 Å².